The fourth-order valence-electron chi connectivity index (χ4n) is 3.43. The molecule has 0 heterocycles. The number of hydrogen-bond acceptors (Lipinski definition) is 5. The molecule has 2 rings (SSSR count). The third-order valence-corrected chi connectivity index (χ3v) is 6.98. The van der Waals surface area contributed by atoms with E-state index in [9.17, 15) is 13.2 Å². The Morgan fingerprint density at radius 1 is 1.19 bits per heavy atom. The molecule has 27 heavy (non-hydrogen) atoms. The van der Waals surface area contributed by atoms with Crippen LogP contribution in [0.2, 0.25) is 0 Å². The number of carbonyl (C=O) groups excluding carboxylic acids is 1. The molecule has 1 saturated carbocycles. The summed E-state index contributed by atoms with van der Waals surface area (Å²) in [4.78, 5) is 14.7. The van der Waals surface area contributed by atoms with E-state index >= 15 is 0 Å². The Morgan fingerprint density at radius 2 is 1.81 bits per heavy atom. The summed E-state index contributed by atoms with van der Waals surface area (Å²) < 4.78 is 31.4. The van der Waals surface area contributed by atoms with Gasteiger partial charge in [-0.05, 0) is 38.0 Å². The maximum atomic E-state index is 12.8. The zero-order valence-corrected chi connectivity index (χ0v) is 17.7. The second-order valence-corrected chi connectivity index (χ2v) is 9.38. The van der Waals surface area contributed by atoms with Crippen molar-refractivity contribution in [2.45, 2.75) is 56.0 Å². The van der Waals surface area contributed by atoms with Gasteiger partial charge in [-0.3, -0.25) is 4.79 Å². The summed E-state index contributed by atoms with van der Waals surface area (Å²) in [6, 6.07) is 4.66. The van der Waals surface area contributed by atoms with E-state index in [-0.39, 0.29) is 22.6 Å². The standard InChI is InChI=1S/C19H31N3O4S/c1-14(19(23)22(4)16-9-7-6-8-10-16)20-15-11-12-17(26-5)18(13-15)27(24,25)21(2)3/h11-14,16,20H,6-10H2,1-5H3/t14-/m0/s1. The van der Waals surface area contributed by atoms with Gasteiger partial charge in [0.1, 0.15) is 16.7 Å². The summed E-state index contributed by atoms with van der Waals surface area (Å²) >= 11 is 0. The van der Waals surface area contributed by atoms with Gasteiger partial charge in [-0.15, -0.1) is 0 Å². The maximum absolute atomic E-state index is 12.8. The maximum Gasteiger partial charge on any atom is 0.246 e. The SMILES string of the molecule is COc1ccc(N[C@@H](C)C(=O)N(C)C2CCCCC2)cc1S(=O)(=O)N(C)C. The lowest BCUT2D eigenvalue weighted by atomic mass is 9.94. The zero-order chi connectivity index (χ0) is 20.2. The summed E-state index contributed by atoms with van der Waals surface area (Å²) in [6.45, 7) is 1.80. The number of nitrogens with zero attached hydrogens (tertiary/aromatic N) is 2. The average molecular weight is 398 g/mol. The van der Waals surface area contributed by atoms with Crippen LogP contribution in [0.15, 0.2) is 23.1 Å². The summed E-state index contributed by atoms with van der Waals surface area (Å²) in [5.74, 6) is 0.280. The van der Waals surface area contributed by atoms with E-state index in [2.05, 4.69) is 5.32 Å². The lowest BCUT2D eigenvalue weighted by molar-refractivity contribution is -0.133. The van der Waals surface area contributed by atoms with Crippen LogP contribution in [0.1, 0.15) is 39.0 Å². The fraction of sp³-hybridized carbons (Fsp3) is 0.632. The highest BCUT2D eigenvalue weighted by Gasteiger charge is 2.27. The molecule has 0 unspecified atom stereocenters. The molecule has 0 radical (unpaired) electrons. The molecular formula is C19H31N3O4S. The number of hydrogen-bond donors (Lipinski definition) is 1. The molecule has 1 fully saturated rings. The first kappa shape index (κ1) is 21.5. The number of likely N-dealkylation sites (N-methyl/N-ethyl adjacent to an activating group) is 1. The summed E-state index contributed by atoms with van der Waals surface area (Å²) in [5.41, 5.74) is 0.564. The van der Waals surface area contributed by atoms with Crippen LogP contribution in [0.3, 0.4) is 0 Å². The van der Waals surface area contributed by atoms with Crippen LogP contribution in [0, 0.1) is 0 Å². The number of rotatable bonds is 7. The Bertz CT molecular complexity index is 758. The molecule has 0 bridgehead atoms. The quantitative estimate of drug-likeness (QED) is 0.765. The highest BCUT2D eigenvalue weighted by atomic mass is 32.2. The molecule has 7 nitrogen and oxygen atoms in total. The van der Waals surface area contributed by atoms with Crippen LogP contribution in [0.25, 0.3) is 0 Å². The predicted molar refractivity (Wildman–Crippen MR) is 107 cm³/mol. The molecule has 1 aromatic rings. The number of ether oxygens (including phenoxy) is 1. The molecule has 0 saturated heterocycles. The molecule has 1 N–H and O–H groups in total. The summed E-state index contributed by atoms with van der Waals surface area (Å²) in [5, 5.41) is 3.13. The first-order valence-corrected chi connectivity index (χ1v) is 10.8. The fourth-order valence-corrected chi connectivity index (χ4v) is 4.51. The Kier molecular flexibility index (Phi) is 7.11. The van der Waals surface area contributed by atoms with Crippen LogP contribution >= 0.6 is 0 Å². The lowest BCUT2D eigenvalue weighted by Gasteiger charge is -2.33. The molecule has 0 aliphatic heterocycles. The van der Waals surface area contributed by atoms with Crippen molar-refractivity contribution in [3.05, 3.63) is 18.2 Å². The van der Waals surface area contributed by atoms with E-state index in [1.165, 1.54) is 33.7 Å². The van der Waals surface area contributed by atoms with Crippen LogP contribution in [-0.2, 0) is 14.8 Å². The highest BCUT2D eigenvalue weighted by Crippen LogP contribution is 2.29. The van der Waals surface area contributed by atoms with Gasteiger partial charge in [0.05, 0.1) is 7.11 Å². The Hall–Kier alpha value is -1.80. The molecule has 1 aliphatic carbocycles. The van der Waals surface area contributed by atoms with Gasteiger partial charge < -0.3 is 15.0 Å². The molecular weight excluding hydrogens is 366 g/mol. The lowest BCUT2D eigenvalue weighted by Crippen LogP contribution is -2.45. The molecule has 0 spiro atoms. The monoisotopic (exact) mass is 397 g/mol. The van der Waals surface area contributed by atoms with E-state index in [1.54, 1.807) is 19.1 Å². The van der Waals surface area contributed by atoms with Gasteiger partial charge in [0, 0.05) is 32.9 Å². The number of benzene rings is 1. The van der Waals surface area contributed by atoms with Crippen molar-refractivity contribution in [3.8, 4) is 5.75 Å². The van der Waals surface area contributed by atoms with Crippen molar-refractivity contribution in [1.82, 2.24) is 9.21 Å². The van der Waals surface area contributed by atoms with Crippen LogP contribution < -0.4 is 10.1 Å². The number of sulfonamides is 1. The summed E-state index contributed by atoms with van der Waals surface area (Å²) in [6.07, 6.45) is 5.65. The molecule has 152 valence electrons. The third-order valence-electron chi connectivity index (χ3n) is 5.15. The molecule has 1 amide bonds. The highest BCUT2D eigenvalue weighted by molar-refractivity contribution is 7.89. The van der Waals surface area contributed by atoms with Gasteiger partial charge in [-0.1, -0.05) is 19.3 Å². The molecule has 8 heteroatoms. The largest absolute Gasteiger partial charge is 0.495 e. The average Bonchev–Trinajstić information content (AvgIpc) is 2.67. The van der Waals surface area contributed by atoms with E-state index in [4.69, 9.17) is 4.74 Å². The molecule has 1 aliphatic rings. The van der Waals surface area contributed by atoms with Crippen molar-refractivity contribution >= 4 is 21.6 Å². The van der Waals surface area contributed by atoms with E-state index in [0.717, 1.165) is 30.0 Å². The normalized spacial score (nSPS) is 16.8. The van der Waals surface area contributed by atoms with Crippen LogP contribution in [0.4, 0.5) is 5.69 Å². The number of carbonyl (C=O) groups is 1. The van der Waals surface area contributed by atoms with Gasteiger partial charge in [0.15, 0.2) is 0 Å². The van der Waals surface area contributed by atoms with Crippen molar-refractivity contribution < 1.29 is 17.9 Å². The van der Waals surface area contributed by atoms with E-state index < -0.39 is 16.1 Å². The topological polar surface area (TPSA) is 79.0 Å². The number of nitrogens with one attached hydrogen (secondary N) is 1. The third kappa shape index (κ3) is 4.93. The van der Waals surface area contributed by atoms with Crippen LogP contribution in [-0.4, -0.2) is 63.9 Å². The Balaban J connectivity index is 2.17. The minimum Gasteiger partial charge on any atom is -0.495 e. The molecule has 0 aromatic heterocycles. The Labute approximate surface area is 162 Å². The van der Waals surface area contributed by atoms with E-state index in [1.807, 2.05) is 11.9 Å². The van der Waals surface area contributed by atoms with Crippen molar-refractivity contribution in [2.24, 2.45) is 0 Å². The minimum atomic E-state index is -3.66. The zero-order valence-electron chi connectivity index (χ0n) is 16.9. The van der Waals surface area contributed by atoms with Crippen LogP contribution in [0.5, 0.6) is 5.75 Å². The first-order valence-electron chi connectivity index (χ1n) is 9.32. The van der Waals surface area contributed by atoms with Gasteiger partial charge in [0.25, 0.3) is 0 Å². The number of methoxy groups -OCH3 is 1. The second-order valence-electron chi connectivity index (χ2n) is 7.26. The van der Waals surface area contributed by atoms with Gasteiger partial charge in [-0.25, -0.2) is 12.7 Å². The van der Waals surface area contributed by atoms with Gasteiger partial charge >= 0.3 is 0 Å². The second kappa shape index (κ2) is 8.93. The summed E-state index contributed by atoms with van der Waals surface area (Å²) in [7, 11) is 2.57. The van der Waals surface area contributed by atoms with Crippen molar-refractivity contribution in [1.29, 1.82) is 0 Å². The van der Waals surface area contributed by atoms with Gasteiger partial charge in [0.2, 0.25) is 15.9 Å². The van der Waals surface area contributed by atoms with Crippen molar-refractivity contribution in [2.75, 3.05) is 33.6 Å². The number of anilines is 1. The predicted octanol–water partition coefficient (Wildman–Crippen LogP) is 2.54. The Morgan fingerprint density at radius 3 is 2.37 bits per heavy atom. The molecule has 1 atom stereocenters. The van der Waals surface area contributed by atoms with Gasteiger partial charge in [-0.2, -0.15) is 0 Å². The van der Waals surface area contributed by atoms with E-state index in [0.29, 0.717) is 5.69 Å². The molecule has 1 aromatic carbocycles. The first-order chi connectivity index (χ1) is 12.7. The van der Waals surface area contributed by atoms with Crippen molar-refractivity contribution in [3.63, 3.8) is 0 Å². The number of amides is 1. The smallest absolute Gasteiger partial charge is 0.246 e. The minimum absolute atomic E-state index is 0.00901.